The average Bonchev–Trinajstić information content (AvgIpc) is 3.17. The van der Waals surface area contributed by atoms with Crippen molar-refractivity contribution in [3.05, 3.63) is 35.6 Å². The molecular formula is C21H34FIN4O. The minimum atomic E-state index is -0.191. The second-order valence-electron chi connectivity index (χ2n) is 7.63. The quantitative estimate of drug-likeness (QED) is 0.355. The van der Waals surface area contributed by atoms with Crippen LogP contribution < -0.4 is 10.6 Å². The number of likely N-dealkylation sites (N-methyl/N-ethyl adjacent to an activating group) is 1. The molecule has 2 saturated heterocycles. The van der Waals surface area contributed by atoms with E-state index in [1.807, 2.05) is 19.2 Å². The highest BCUT2D eigenvalue weighted by molar-refractivity contribution is 14.0. The summed E-state index contributed by atoms with van der Waals surface area (Å²) in [6.45, 7) is 7.68. The molecular weight excluding hydrogens is 470 g/mol. The Bertz CT molecular complexity index is 619. The summed E-state index contributed by atoms with van der Waals surface area (Å²) in [5, 5.41) is 7.02. The van der Waals surface area contributed by atoms with Crippen molar-refractivity contribution in [1.29, 1.82) is 0 Å². The summed E-state index contributed by atoms with van der Waals surface area (Å²) in [6.07, 6.45) is 4.37. The Morgan fingerprint density at radius 3 is 2.61 bits per heavy atom. The Morgan fingerprint density at radius 2 is 1.96 bits per heavy atom. The number of likely N-dealkylation sites (tertiary alicyclic amines) is 1. The lowest BCUT2D eigenvalue weighted by Crippen LogP contribution is -2.50. The van der Waals surface area contributed by atoms with E-state index in [9.17, 15) is 4.39 Å². The normalized spacial score (nSPS) is 22.5. The highest BCUT2D eigenvalue weighted by atomic mass is 127. The van der Waals surface area contributed by atoms with Gasteiger partial charge in [-0.1, -0.05) is 19.1 Å². The first-order chi connectivity index (χ1) is 13.2. The van der Waals surface area contributed by atoms with Crippen LogP contribution in [0.15, 0.2) is 29.3 Å². The summed E-state index contributed by atoms with van der Waals surface area (Å²) in [5.74, 6) is 0.648. The van der Waals surface area contributed by atoms with Crippen LogP contribution in [0.5, 0.6) is 0 Å². The van der Waals surface area contributed by atoms with E-state index in [0.717, 1.165) is 51.6 Å². The fraction of sp³-hybridized carbons (Fsp3) is 0.667. The van der Waals surface area contributed by atoms with Crippen molar-refractivity contribution < 1.29 is 9.13 Å². The van der Waals surface area contributed by atoms with E-state index in [1.165, 1.54) is 24.9 Å². The lowest BCUT2D eigenvalue weighted by Gasteiger charge is -2.38. The summed E-state index contributed by atoms with van der Waals surface area (Å²) in [4.78, 5) is 6.93. The molecule has 7 heteroatoms. The van der Waals surface area contributed by atoms with Gasteiger partial charge in [0.1, 0.15) is 5.82 Å². The molecule has 0 spiro atoms. The molecule has 3 rings (SSSR count). The van der Waals surface area contributed by atoms with Gasteiger partial charge in [0.05, 0.1) is 0 Å². The smallest absolute Gasteiger partial charge is 0.191 e. The highest BCUT2D eigenvalue weighted by Gasteiger charge is 2.34. The predicted molar refractivity (Wildman–Crippen MR) is 123 cm³/mol. The zero-order chi connectivity index (χ0) is 19.1. The standard InChI is InChI=1S/C21H33FN4O.HI/c1-3-26-12-4-5-19(26)15-24-20(23-2)25-16-21(10-13-27-14-11-21)17-6-8-18(22)9-7-17;/h6-9,19H,3-5,10-16H2,1-2H3,(H2,23,24,25);1H. The van der Waals surface area contributed by atoms with Crippen molar-refractivity contribution >= 4 is 29.9 Å². The first-order valence-electron chi connectivity index (χ1n) is 10.2. The number of benzene rings is 1. The van der Waals surface area contributed by atoms with Crippen LogP contribution in [0.3, 0.4) is 0 Å². The van der Waals surface area contributed by atoms with Gasteiger partial charge in [-0.15, -0.1) is 24.0 Å². The van der Waals surface area contributed by atoms with Crippen molar-refractivity contribution in [2.75, 3.05) is 46.4 Å². The number of hydrogen-bond acceptors (Lipinski definition) is 3. The van der Waals surface area contributed by atoms with Gasteiger partial charge in [0.15, 0.2) is 5.96 Å². The van der Waals surface area contributed by atoms with Gasteiger partial charge >= 0.3 is 0 Å². The van der Waals surface area contributed by atoms with Crippen molar-refractivity contribution in [3.63, 3.8) is 0 Å². The Labute approximate surface area is 185 Å². The third kappa shape index (κ3) is 5.79. The number of guanidine groups is 1. The molecule has 1 aromatic carbocycles. The van der Waals surface area contributed by atoms with Crippen LogP contribution in [0.4, 0.5) is 4.39 Å². The van der Waals surface area contributed by atoms with Crippen LogP contribution in [-0.4, -0.2) is 63.3 Å². The fourth-order valence-corrected chi connectivity index (χ4v) is 4.36. The van der Waals surface area contributed by atoms with E-state index in [-0.39, 0.29) is 35.2 Å². The first-order valence-corrected chi connectivity index (χ1v) is 10.2. The van der Waals surface area contributed by atoms with Crippen molar-refractivity contribution in [2.24, 2.45) is 4.99 Å². The van der Waals surface area contributed by atoms with Crippen molar-refractivity contribution in [2.45, 2.75) is 44.1 Å². The molecule has 0 aliphatic carbocycles. The average molecular weight is 504 g/mol. The third-order valence-electron chi connectivity index (χ3n) is 6.13. The van der Waals surface area contributed by atoms with Gasteiger partial charge in [-0.05, 0) is 56.5 Å². The minimum absolute atomic E-state index is 0. The molecule has 2 aliphatic heterocycles. The van der Waals surface area contributed by atoms with Gasteiger partial charge in [-0.25, -0.2) is 4.39 Å². The van der Waals surface area contributed by atoms with E-state index in [2.05, 4.69) is 27.4 Å². The first kappa shape index (κ1) is 23.3. The molecule has 0 aromatic heterocycles. The summed E-state index contributed by atoms with van der Waals surface area (Å²) < 4.78 is 19.0. The van der Waals surface area contributed by atoms with E-state index in [4.69, 9.17) is 4.74 Å². The molecule has 1 aromatic rings. The number of halogens is 2. The maximum Gasteiger partial charge on any atom is 0.191 e. The van der Waals surface area contributed by atoms with Crippen LogP contribution in [0.25, 0.3) is 0 Å². The Balaban J connectivity index is 0.00000280. The molecule has 2 aliphatic rings. The molecule has 2 fully saturated rings. The van der Waals surface area contributed by atoms with Crippen LogP contribution in [0.2, 0.25) is 0 Å². The van der Waals surface area contributed by atoms with Gasteiger partial charge < -0.3 is 15.4 Å². The van der Waals surface area contributed by atoms with Crippen molar-refractivity contribution in [1.82, 2.24) is 15.5 Å². The zero-order valence-corrected chi connectivity index (χ0v) is 19.4. The predicted octanol–water partition coefficient (Wildman–Crippen LogP) is 3.14. The monoisotopic (exact) mass is 504 g/mol. The fourth-order valence-electron chi connectivity index (χ4n) is 4.36. The number of aliphatic imine (C=N–C) groups is 1. The van der Waals surface area contributed by atoms with E-state index >= 15 is 0 Å². The summed E-state index contributed by atoms with van der Waals surface area (Å²) >= 11 is 0. The number of ether oxygens (including phenoxy) is 1. The van der Waals surface area contributed by atoms with Crippen molar-refractivity contribution in [3.8, 4) is 0 Å². The van der Waals surface area contributed by atoms with Gasteiger partial charge in [0.25, 0.3) is 0 Å². The Kier molecular flexibility index (Phi) is 9.43. The van der Waals surface area contributed by atoms with E-state index in [1.54, 1.807) is 12.1 Å². The Morgan fingerprint density at radius 1 is 1.25 bits per heavy atom. The molecule has 1 unspecified atom stereocenters. The topological polar surface area (TPSA) is 48.9 Å². The lowest BCUT2D eigenvalue weighted by molar-refractivity contribution is 0.0513. The lowest BCUT2D eigenvalue weighted by atomic mass is 9.74. The van der Waals surface area contributed by atoms with Crippen LogP contribution in [0.1, 0.15) is 38.2 Å². The van der Waals surface area contributed by atoms with Gasteiger partial charge in [-0.2, -0.15) is 0 Å². The molecule has 28 heavy (non-hydrogen) atoms. The molecule has 158 valence electrons. The third-order valence-corrected chi connectivity index (χ3v) is 6.13. The largest absolute Gasteiger partial charge is 0.381 e. The highest BCUT2D eigenvalue weighted by Crippen LogP contribution is 2.34. The molecule has 5 nitrogen and oxygen atoms in total. The van der Waals surface area contributed by atoms with Gasteiger partial charge in [0, 0.05) is 44.8 Å². The van der Waals surface area contributed by atoms with Crippen LogP contribution >= 0.6 is 24.0 Å². The molecule has 2 heterocycles. The summed E-state index contributed by atoms with van der Waals surface area (Å²) in [5.41, 5.74) is 1.12. The minimum Gasteiger partial charge on any atom is -0.381 e. The number of nitrogens with zero attached hydrogens (tertiary/aromatic N) is 2. The molecule has 0 amide bonds. The van der Waals surface area contributed by atoms with Crippen LogP contribution in [0, 0.1) is 5.82 Å². The second kappa shape index (κ2) is 11.3. The zero-order valence-electron chi connectivity index (χ0n) is 17.0. The maximum absolute atomic E-state index is 13.4. The van der Waals surface area contributed by atoms with Crippen LogP contribution in [-0.2, 0) is 10.2 Å². The van der Waals surface area contributed by atoms with E-state index in [0.29, 0.717) is 6.04 Å². The molecule has 0 bridgehead atoms. The molecule has 0 saturated carbocycles. The summed E-state index contributed by atoms with van der Waals surface area (Å²) in [6, 6.07) is 7.52. The SMILES string of the molecule is CCN1CCCC1CNC(=NC)NCC1(c2ccc(F)cc2)CCOCC1.I. The van der Waals surface area contributed by atoms with E-state index < -0.39 is 0 Å². The van der Waals surface area contributed by atoms with Gasteiger partial charge in [0.2, 0.25) is 0 Å². The summed E-state index contributed by atoms with van der Waals surface area (Å²) in [7, 11) is 1.82. The molecule has 1 atom stereocenters. The maximum atomic E-state index is 13.4. The van der Waals surface area contributed by atoms with Gasteiger partial charge in [-0.3, -0.25) is 9.89 Å². The number of nitrogens with one attached hydrogen (secondary N) is 2. The Hall–Kier alpha value is -0.930. The second-order valence-corrected chi connectivity index (χ2v) is 7.63. The number of rotatable bonds is 6. The number of hydrogen-bond donors (Lipinski definition) is 2. The molecule has 0 radical (unpaired) electrons. The molecule has 2 N–H and O–H groups in total.